The summed E-state index contributed by atoms with van der Waals surface area (Å²) in [7, 11) is 0. The summed E-state index contributed by atoms with van der Waals surface area (Å²) in [6, 6.07) is 75.8. The van der Waals surface area contributed by atoms with Crippen LogP contribution in [0.4, 0.5) is 0 Å². The van der Waals surface area contributed by atoms with E-state index in [4.69, 9.17) is 15.0 Å². The average Bonchev–Trinajstić information content (AvgIpc) is 3.72. The normalized spacial score (nSPS) is 11.6. The van der Waals surface area contributed by atoms with Crippen molar-refractivity contribution in [2.24, 2.45) is 0 Å². The first-order valence-corrected chi connectivity index (χ1v) is 21.4. The molecule has 284 valence electrons. The van der Waals surface area contributed by atoms with E-state index in [2.05, 4.69) is 212 Å². The number of nitrogens with zero attached hydrogens (tertiary/aromatic N) is 3. The van der Waals surface area contributed by atoms with Gasteiger partial charge in [-0.05, 0) is 102 Å². The van der Waals surface area contributed by atoms with Crippen LogP contribution in [0.15, 0.2) is 212 Å². The van der Waals surface area contributed by atoms with Crippen molar-refractivity contribution < 1.29 is 0 Å². The molecule has 0 amide bonds. The molecule has 0 aliphatic carbocycles. The summed E-state index contributed by atoms with van der Waals surface area (Å²) >= 11 is 1.79. The van der Waals surface area contributed by atoms with Gasteiger partial charge in [-0.3, -0.25) is 0 Å². The van der Waals surface area contributed by atoms with Gasteiger partial charge in [0.1, 0.15) is 0 Å². The fraction of sp³-hybridized carbons (Fsp3) is 0. The Morgan fingerprint density at radius 2 is 0.738 bits per heavy atom. The zero-order chi connectivity index (χ0) is 40.3. The second-order valence-electron chi connectivity index (χ2n) is 15.5. The van der Waals surface area contributed by atoms with Crippen LogP contribution in [0.25, 0.3) is 120 Å². The van der Waals surface area contributed by atoms with Crippen LogP contribution in [-0.4, -0.2) is 15.0 Å². The Morgan fingerprint density at radius 3 is 1.43 bits per heavy atom. The molecule has 0 aliphatic heterocycles. The third-order valence-corrected chi connectivity index (χ3v) is 13.2. The Balaban J connectivity index is 1.08. The van der Waals surface area contributed by atoms with Crippen LogP contribution in [0, 0.1) is 0 Å². The SMILES string of the molecule is c1ccc(-c2cccc(-c3ccc(-c4nc(-c5ccc(-c6ccc7ccccc7c6)c6ccccc56)nc(-c5cccc6c5sc5ccccc56)n4)c4ccccc34)c2)cc1. The lowest BCUT2D eigenvalue weighted by atomic mass is 9.92. The standard InChI is InChI=1S/C57H35N3S/c1-2-14-36(15-3-1)39-18-12-19-40(34-39)42-30-32-50(46-22-8-6-20-44(42)46)55-58-56(60-57(59-55)52-26-13-25-49-48-24-10-11-27-53(48)61-54(49)52)51-33-31-43(45-21-7-9-23-47(45)51)41-29-28-37-16-4-5-17-38(37)35-41/h1-35H. The number of aromatic nitrogens is 3. The van der Waals surface area contributed by atoms with Crippen molar-refractivity contribution in [3.63, 3.8) is 0 Å². The van der Waals surface area contributed by atoms with E-state index in [0.717, 1.165) is 49.4 Å². The minimum Gasteiger partial charge on any atom is -0.208 e. The highest BCUT2D eigenvalue weighted by atomic mass is 32.1. The summed E-state index contributed by atoms with van der Waals surface area (Å²) in [5, 5.41) is 9.37. The van der Waals surface area contributed by atoms with Gasteiger partial charge in [0.2, 0.25) is 0 Å². The monoisotopic (exact) mass is 793 g/mol. The van der Waals surface area contributed by atoms with E-state index in [9.17, 15) is 0 Å². The Morgan fingerprint density at radius 1 is 0.262 bits per heavy atom. The number of fused-ring (bicyclic) bond motifs is 6. The van der Waals surface area contributed by atoms with Crippen LogP contribution in [0.3, 0.4) is 0 Å². The summed E-state index contributed by atoms with van der Waals surface area (Å²) in [5.74, 6) is 1.94. The van der Waals surface area contributed by atoms with Crippen molar-refractivity contribution in [2.75, 3.05) is 0 Å². The van der Waals surface area contributed by atoms with Crippen LogP contribution < -0.4 is 0 Å². The lowest BCUT2D eigenvalue weighted by molar-refractivity contribution is 1.08. The first-order valence-electron chi connectivity index (χ1n) is 20.6. The molecule has 0 bridgehead atoms. The maximum atomic E-state index is 5.40. The molecule has 61 heavy (non-hydrogen) atoms. The van der Waals surface area contributed by atoms with Crippen molar-refractivity contribution in [3.05, 3.63) is 212 Å². The van der Waals surface area contributed by atoms with Crippen LogP contribution in [0.2, 0.25) is 0 Å². The number of rotatable bonds is 6. The smallest absolute Gasteiger partial charge is 0.165 e. The number of hydrogen-bond acceptors (Lipinski definition) is 4. The highest BCUT2D eigenvalue weighted by Gasteiger charge is 2.20. The quantitative estimate of drug-likeness (QED) is 0.168. The highest BCUT2D eigenvalue weighted by Crippen LogP contribution is 2.42. The molecular formula is C57H35N3S. The van der Waals surface area contributed by atoms with Gasteiger partial charge in [-0.2, -0.15) is 0 Å². The molecule has 0 atom stereocenters. The van der Waals surface area contributed by atoms with Crippen molar-refractivity contribution in [3.8, 4) is 67.5 Å². The zero-order valence-corrected chi connectivity index (χ0v) is 33.8. The fourth-order valence-corrected chi connectivity index (χ4v) is 10.2. The molecule has 4 heteroatoms. The minimum atomic E-state index is 0.640. The van der Waals surface area contributed by atoms with E-state index in [1.165, 1.54) is 53.2 Å². The summed E-state index contributed by atoms with van der Waals surface area (Å²) in [5.41, 5.74) is 9.99. The highest BCUT2D eigenvalue weighted by molar-refractivity contribution is 7.26. The van der Waals surface area contributed by atoms with Gasteiger partial charge in [-0.15, -0.1) is 11.3 Å². The van der Waals surface area contributed by atoms with E-state index in [-0.39, 0.29) is 0 Å². The fourth-order valence-electron chi connectivity index (χ4n) is 9.01. The van der Waals surface area contributed by atoms with E-state index >= 15 is 0 Å². The van der Waals surface area contributed by atoms with Gasteiger partial charge in [0, 0.05) is 36.9 Å². The van der Waals surface area contributed by atoms with Crippen LogP contribution >= 0.6 is 11.3 Å². The summed E-state index contributed by atoms with van der Waals surface area (Å²) in [6.45, 7) is 0. The van der Waals surface area contributed by atoms with Crippen molar-refractivity contribution in [1.82, 2.24) is 15.0 Å². The lowest BCUT2D eigenvalue weighted by Gasteiger charge is -2.15. The van der Waals surface area contributed by atoms with Crippen LogP contribution in [-0.2, 0) is 0 Å². The number of hydrogen-bond donors (Lipinski definition) is 0. The Bertz CT molecular complexity index is 3660. The van der Waals surface area contributed by atoms with E-state index in [0.29, 0.717) is 17.5 Å². The molecule has 2 heterocycles. The molecule has 12 aromatic rings. The summed E-state index contributed by atoms with van der Waals surface area (Å²) in [6.07, 6.45) is 0. The maximum absolute atomic E-state index is 5.40. The molecule has 0 saturated heterocycles. The molecule has 0 unspecified atom stereocenters. The first kappa shape index (κ1) is 35.2. The third-order valence-electron chi connectivity index (χ3n) is 12.0. The molecule has 10 aromatic carbocycles. The molecule has 0 aliphatic rings. The summed E-state index contributed by atoms with van der Waals surface area (Å²) < 4.78 is 2.41. The largest absolute Gasteiger partial charge is 0.208 e. The van der Waals surface area contributed by atoms with Gasteiger partial charge < -0.3 is 0 Å². The molecule has 0 spiro atoms. The molecule has 0 N–H and O–H groups in total. The van der Waals surface area contributed by atoms with Crippen LogP contribution in [0.1, 0.15) is 0 Å². The second kappa shape index (κ2) is 14.5. The number of benzene rings is 10. The second-order valence-corrected chi connectivity index (χ2v) is 16.6. The first-order chi connectivity index (χ1) is 30.2. The predicted octanol–water partition coefficient (Wildman–Crippen LogP) is 15.7. The summed E-state index contributed by atoms with van der Waals surface area (Å²) in [4.78, 5) is 16.2. The predicted molar refractivity (Wildman–Crippen MR) is 258 cm³/mol. The molecule has 2 aromatic heterocycles. The molecule has 0 fully saturated rings. The van der Waals surface area contributed by atoms with Gasteiger partial charge in [-0.1, -0.05) is 176 Å². The third kappa shape index (κ3) is 6.07. The Labute approximate surface area is 356 Å². The van der Waals surface area contributed by atoms with Crippen molar-refractivity contribution in [2.45, 2.75) is 0 Å². The maximum Gasteiger partial charge on any atom is 0.165 e. The molecular weight excluding hydrogens is 759 g/mol. The Hall–Kier alpha value is -7.79. The lowest BCUT2D eigenvalue weighted by Crippen LogP contribution is -2.01. The van der Waals surface area contributed by atoms with Gasteiger partial charge in [0.15, 0.2) is 17.5 Å². The van der Waals surface area contributed by atoms with E-state index in [1.807, 2.05) is 0 Å². The van der Waals surface area contributed by atoms with E-state index < -0.39 is 0 Å². The topological polar surface area (TPSA) is 38.7 Å². The minimum absolute atomic E-state index is 0.640. The zero-order valence-electron chi connectivity index (χ0n) is 33.0. The van der Waals surface area contributed by atoms with Gasteiger partial charge in [0.25, 0.3) is 0 Å². The Kier molecular flexibility index (Phi) is 8.36. The van der Waals surface area contributed by atoms with Gasteiger partial charge in [0.05, 0.1) is 0 Å². The van der Waals surface area contributed by atoms with Gasteiger partial charge >= 0.3 is 0 Å². The molecule has 0 saturated carbocycles. The van der Waals surface area contributed by atoms with Gasteiger partial charge in [-0.25, -0.2) is 15.0 Å². The van der Waals surface area contributed by atoms with Crippen molar-refractivity contribution in [1.29, 1.82) is 0 Å². The van der Waals surface area contributed by atoms with E-state index in [1.54, 1.807) is 11.3 Å². The molecule has 3 nitrogen and oxygen atoms in total. The number of thiophene rings is 1. The van der Waals surface area contributed by atoms with Crippen molar-refractivity contribution >= 4 is 63.8 Å². The molecule has 12 rings (SSSR count). The van der Waals surface area contributed by atoms with Crippen LogP contribution in [0.5, 0.6) is 0 Å². The average molecular weight is 794 g/mol. The molecule has 0 radical (unpaired) electrons.